The zero-order valence-corrected chi connectivity index (χ0v) is 14.2. The fourth-order valence-electron chi connectivity index (χ4n) is 2.76. The molecule has 2 aromatic rings. The Bertz CT molecular complexity index is 853. The van der Waals surface area contributed by atoms with E-state index in [2.05, 4.69) is 5.32 Å². The number of para-hydroxylation sites is 2. The lowest BCUT2D eigenvalue weighted by atomic mass is 9.96. The fourth-order valence-corrected chi connectivity index (χ4v) is 2.76. The Hall–Kier alpha value is -3.09. The van der Waals surface area contributed by atoms with Crippen LogP contribution in [0, 0.1) is 6.92 Å². The molecule has 1 aliphatic rings. The summed E-state index contributed by atoms with van der Waals surface area (Å²) in [6, 6.07) is 8.46. The third-order valence-electron chi connectivity index (χ3n) is 4.16. The number of aryl methyl sites for hydroxylation is 1. The van der Waals surface area contributed by atoms with E-state index in [1.165, 1.54) is 17.2 Å². The van der Waals surface area contributed by atoms with E-state index in [-0.39, 0.29) is 11.5 Å². The molecule has 0 saturated carbocycles. The highest BCUT2D eigenvalue weighted by Crippen LogP contribution is 2.36. The molecule has 2 heterocycles. The number of carbonyl (C=O) groups is 3. The first-order valence-electron chi connectivity index (χ1n) is 7.77. The van der Waals surface area contributed by atoms with Crippen molar-refractivity contribution in [3.63, 3.8) is 0 Å². The lowest BCUT2D eigenvalue weighted by Crippen LogP contribution is -2.59. The zero-order valence-electron chi connectivity index (χ0n) is 14.2. The first-order valence-corrected chi connectivity index (χ1v) is 7.77. The third-order valence-corrected chi connectivity index (χ3v) is 4.16. The van der Waals surface area contributed by atoms with Gasteiger partial charge in [0.2, 0.25) is 5.91 Å². The van der Waals surface area contributed by atoms with Gasteiger partial charge in [0.1, 0.15) is 16.9 Å². The Morgan fingerprint density at radius 1 is 1.24 bits per heavy atom. The Morgan fingerprint density at radius 2 is 1.96 bits per heavy atom. The average molecular weight is 342 g/mol. The Morgan fingerprint density at radius 3 is 2.64 bits per heavy atom. The van der Waals surface area contributed by atoms with Gasteiger partial charge in [0.15, 0.2) is 6.61 Å². The van der Waals surface area contributed by atoms with Crippen LogP contribution in [0.1, 0.15) is 30.0 Å². The van der Waals surface area contributed by atoms with Crippen molar-refractivity contribution in [2.75, 3.05) is 16.8 Å². The largest absolute Gasteiger partial charge is 0.469 e. The number of anilines is 2. The van der Waals surface area contributed by atoms with E-state index in [0.29, 0.717) is 17.1 Å². The van der Waals surface area contributed by atoms with Crippen LogP contribution in [0.3, 0.4) is 0 Å². The average Bonchev–Trinajstić information content (AvgIpc) is 2.99. The van der Waals surface area contributed by atoms with Crippen molar-refractivity contribution < 1.29 is 23.5 Å². The Labute approximate surface area is 144 Å². The molecular formula is C18H18N2O5. The molecule has 1 N–H and O–H groups in total. The SMILES string of the molecule is Cc1occc1C(=O)OCC(=O)N1c2ccccc2NC(=O)C1(C)C. The molecule has 0 aliphatic carbocycles. The number of rotatable bonds is 3. The van der Waals surface area contributed by atoms with E-state index in [1.54, 1.807) is 45.0 Å². The lowest BCUT2D eigenvalue weighted by molar-refractivity contribution is -0.128. The van der Waals surface area contributed by atoms with Crippen LogP contribution in [-0.2, 0) is 14.3 Å². The van der Waals surface area contributed by atoms with E-state index in [4.69, 9.17) is 9.15 Å². The van der Waals surface area contributed by atoms with Crippen molar-refractivity contribution in [1.29, 1.82) is 0 Å². The molecule has 0 spiro atoms. The summed E-state index contributed by atoms with van der Waals surface area (Å²) in [5.41, 5.74) is 0.261. The highest BCUT2D eigenvalue weighted by Gasteiger charge is 2.43. The Balaban J connectivity index is 1.82. The Kier molecular flexibility index (Phi) is 4.08. The molecule has 25 heavy (non-hydrogen) atoms. The molecule has 7 heteroatoms. The van der Waals surface area contributed by atoms with Gasteiger partial charge in [0, 0.05) is 0 Å². The van der Waals surface area contributed by atoms with Gasteiger partial charge in [0.25, 0.3) is 5.91 Å². The van der Waals surface area contributed by atoms with Crippen LogP contribution >= 0.6 is 0 Å². The molecule has 130 valence electrons. The number of hydrogen-bond donors (Lipinski definition) is 1. The topological polar surface area (TPSA) is 88.8 Å². The quantitative estimate of drug-likeness (QED) is 0.866. The smallest absolute Gasteiger partial charge is 0.342 e. The second-order valence-electron chi connectivity index (χ2n) is 6.23. The van der Waals surface area contributed by atoms with E-state index < -0.39 is 24.0 Å². The van der Waals surface area contributed by atoms with Crippen molar-refractivity contribution in [3.8, 4) is 0 Å². The number of nitrogens with one attached hydrogen (secondary N) is 1. The normalized spacial score (nSPS) is 15.3. The van der Waals surface area contributed by atoms with Crippen molar-refractivity contribution >= 4 is 29.2 Å². The molecule has 0 atom stereocenters. The van der Waals surface area contributed by atoms with Crippen LogP contribution < -0.4 is 10.2 Å². The number of fused-ring (bicyclic) bond motifs is 1. The van der Waals surface area contributed by atoms with Crippen LogP contribution in [0.4, 0.5) is 11.4 Å². The van der Waals surface area contributed by atoms with Crippen molar-refractivity contribution in [3.05, 3.63) is 47.9 Å². The van der Waals surface area contributed by atoms with Gasteiger partial charge >= 0.3 is 5.97 Å². The third kappa shape index (κ3) is 2.88. The van der Waals surface area contributed by atoms with Crippen LogP contribution in [0.25, 0.3) is 0 Å². The van der Waals surface area contributed by atoms with Crippen molar-refractivity contribution in [2.45, 2.75) is 26.3 Å². The summed E-state index contributed by atoms with van der Waals surface area (Å²) < 4.78 is 10.2. The maximum Gasteiger partial charge on any atom is 0.342 e. The van der Waals surface area contributed by atoms with Gasteiger partial charge < -0.3 is 14.5 Å². The van der Waals surface area contributed by atoms with Gasteiger partial charge in [-0.25, -0.2) is 4.79 Å². The summed E-state index contributed by atoms with van der Waals surface area (Å²) in [4.78, 5) is 38.5. The lowest BCUT2D eigenvalue weighted by Gasteiger charge is -2.41. The van der Waals surface area contributed by atoms with Crippen molar-refractivity contribution in [2.24, 2.45) is 0 Å². The first-order chi connectivity index (χ1) is 11.8. The summed E-state index contributed by atoms with van der Waals surface area (Å²) in [6.45, 7) is 4.43. The number of ether oxygens (including phenoxy) is 1. The zero-order chi connectivity index (χ0) is 18.2. The van der Waals surface area contributed by atoms with E-state index in [9.17, 15) is 14.4 Å². The standard InChI is InChI=1S/C18H18N2O5/c1-11-12(8-9-24-11)16(22)25-10-15(21)20-14-7-5-4-6-13(14)19-17(23)18(20,2)3/h4-9H,10H2,1-3H3,(H,19,23). The summed E-state index contributed by atoms with van der Waals surface area (Å²) in [5, 5.41) is 2.78. The van der Waals surface area contributed by atoms with E-state index in [0.717, 1.165) is 0 Å². The van der Waals surface area contributed by atoms with Gasteiger partial charge in [-0.1, -0.05) is 12.1 Å². The monoisotopic (exact) mass is 342 g/mol. The molecule has 0 unspecified atom stereocenters. The second kappa shape index (κ2) is 6.08. The number of hydrogen-bond acceptors (Lipinski definition) is 5. The number of carbonyl (C=O) groups excluding carboxylic acids is 3. The molecular weight excluding hydrogens is 324 g/mol. The number of benzene rings is 1. The predicted molar refractivity (Wildman–Crippen MR) is 90.4 cm³/mol. The fraction of sp³-hybridized carbons (Fsp3) is 0.278. The minimum atomic E-state index is -1.11. The molecule has 0 bridgehead atoms. The molecule has 0 fully saturated rings. The first kappa shape index (κ1) is 16.8. The summed E-state index contributed by atoms with van der Waals surface area (Å²) >= 11 is 0. The van der Waals surface area contributed by atoms with Crippen LogP contribution in [-0.4, -0.2) is 29.9 Å². The van der Waals surface area contributed by atoms with Gasteiger partial charge in [-0.2, -0.15) is 0 Å². The highest BCUT2D eigenvalue weighted by atomic mass is 16.5. The number of furan rings is 1. The van der Waals surface area contributed by atoms with Crippen LogP contribution in [0.5, 0.6) is 0 Å². The molecule has 2 amide bonds. The molecule has 0 radical (unpaired) electrons. The van der Waals surface area contributed by atoms with Gasteiger partial charge in [-0.3, -0.25) is 14.5 Å². The molecule has 1 aromatic carbocycles. The summed E-state index contributed by atoms with van der Waals surface area (Å²) in [7, 11) is 0. The molecule has 7 nitrogen and oxygen atoms in total. The predicted octanol–water partition coefficient (Wildman–Crippen LogP) is 2.51. The maximum atomic E-state index is 12.7. The molecule has 1 aromatic heterocycles. The van der Waals surface area contributed by atoms with Gasteiger partial charge in [-0.05, 0) is 39.0 Å². The number of esters is 1. The van der Waals surface area contributed by atoms with E-state index >= 15 is 0 Å². The minimum Gasteiger partial charge on any atom is -0.469 e. The maximum absolute atomic E-state index is 12.7. The van der Waals surface area contributed by atoms with E-state index in [1.807, 2.05) is 0 Å². The summed E-state index contributed by atoms with van der Waals surface area (Å²) in [5.74, 6) is -1.02. The molecule has 3 rings (SSSR count). The molecule has 0 saturated heterocycles. The van der Waals surface area contributed by atoms with Gasteiger partial charge in [0.05, 0.1) is 17.6 Å². The van der Waals surface area contributed by atoms with Gasteiger partial charge in [-0.15, -0.1) is 0 Å². The van der Waals surface area contributed by atoms with Crippen LogP contribution in [0.15, 0.2) is 41.0 Å². The highest BCUT2D eigenvalue weighted by molar-refractivity contribution is 6.14. The molecule has 1 aliphatic heterocycles. The minimum absolute atomic E-state index is 0.267. The number of amides is 2. The van der Waals surface area contributed by atoms with Crippen LogP contribution in [0.2, 0.25) is 0 Å². The number of nitrogens with zero attached hydrogens (tertiary/aromatic N) is 1. The van der Waals surface area contributed by atoms with Crippen molar-refractivity contribution in [1.82, 2.24) is 0 Å². The second-order valence-corrected chi connectivity index (χ2v) is 6.23. The summed E-state index contributed by atoms with van der Waals surface area (Å²) in [6.07, 6.45) is 1.38.